The second kappa shape index (κ2) is 5.08. The molecule has 1 atom stereocenters. The second-order valence-corrected chi connectivity index (χ2v) is 5.26. The minimum Gasteiger partial charge on any atom is -0.463 e. The third kappa shape index (κ3) is 2.25. The van der Waals surface area contributed by atoms with Gasteiger partial charge in [-0.05, 0) is 25.3 Å². The van der Waals surface area contributed by atoms with E-state index in [2.05, 4.69) is 19.9 Å². The Morgan fingerprint density at radius 2 is 2.05 bits per heavy atom. The fourth-order valence-corrected chi connectivity index (χ4v) is 2.77. The van der Waals surface area contributed by atoms with E-state index in [4.69, 9.17) is 10.5 Å². The van der Waals surface area contributed by atoms with Gasteiger partial charge in [-0.1, -0.05) is 38.1 Å². The molecule has 1 aromatic carbocycles. The zero-order chi connectivity index (χ0) is 14.0. The number of esters is 1. The molecule has 1 aliphatic carbocycles. The van der Waals surface area contributed by atoms with E-state index < -0.39 is 0 Å². The van der Waals surface area contributed by atoms with Gasteiger partial charge in [0.05, 0.1) is 17.9 Å². The largest absolute Gasteiger partial charge is 0.463 e. The molecule has 3 nitrogen and oxygen atoms in total. The Hall–Kier alpha value is -1.77. The molecule has 1 aromatic rings. The average molecular weight is 259 g/mol. The zero-order valence-electron chi connectivity index (χ0n) is 11.8. The molecule has 0 amide bonds. The molecule has 0 unspecified atom stereocenters. The second-order valence-electron chi connectivity index (χ2n) is 5.26. The van der Waals surface area contributed by atoms with Gasteiger partial charge >= 0.3 is 5.97 Å². The normalized spacial score (nSPS) is 22.1. The highest BCUT2D eigenvalue weighted by atomic mass is 16.5. The predicted molar refractivity (Wildman–Crippen MR) is 76.3 cm³/mol. The summed E-state index contributed by atoms with van der Waals surface area (Å²) in [5.74, 6) is -0.279. The minimum absolute atomic E-state index is 0.245. The van der Waals surface area contributed by atoms with Crippen LogP contribution in [0, 0.1) is 5.41 Å². The number of hydrogen-bond donors (Lipinski definition) is 1. The predicted octanol–water partition coefficient (Wildman–Crippen LogP) is 2.89. The third-order valence-corrected chi connectivity index (χ3v) is 4.02. The Bertz CT molecular complexity index is 533. The summed E-state index contributed by atoms with van der Waals surface area (Å²) in [6.07, 6.45) is 1.69. The molecule has 0 saturated carbocycles. The average Bonchev–Trinajstić information content (AvgIpc) is 2.39. The van der Waals surface area contributed by atoms with Gasteiger partial charge in [0, 0.05) is 11.0 Å². The first-order valence-corrected chi connectivity index (χ1v) is 6.79. The summed E-state index contributed by atoms with van der Waals surface area (Å²) in [7, 11) is 0. The van der Waals surface area contributed by atoms with Crippen LogP contribution < -0.4 is 5.73 Å². The van der Waals surface area contributed by atoms with Gasteiger partial charge < -0.3 is 10.5 Å². The lowest BCUT2D eigenvalue weighted by molar-refractivity contribution is -0.139. The SMILES string of the molecule is CCOC(=O)C1=C(N)c2ccccc2C[C@@]1(C)CC. The van der Waals surface area contributed by atoms with Crippen molar-refractivity contribution in [3.05, 3.63) is 41.0 Å². The van der Waals surface area contributed by atoms with Gasteiger partial charge in [-0.3, -0.25) is 0 Å². The maximum absolute atomic E-state index is 12.2. The lowest BCUT2D eigenvalue weighted by Crippen LogP contribution is -2.34. The Labute approximate surface area is 114 Å². The standard InChI is InChI=1S/C16H21NO2/c1-4-16(3)10-11-8-6-7-9-12(11)14(17)13(16)15(18)19-5-2/h6-9H,4-5,10,17H2,1-3H3/t16-/m1/s1. The summed E-state index contributed by atoms with van der Waals surface area (Å²) < 4.78 is 5.19. The Balaban J connectivity index is 2.59. The summed E-state index contributed by atoms with van der Waals surface area (Å²) in [6, 6.07) is 8.01. The number of carbonyl (C=O) groups excluding carboxylic acids is 1. The maximum atomic E-state index is 12.2. The summed E-state index contributed by atoms with van der Waals surface area (Å²) in [4.78, 5) is 12.2. The molecule has 102 valence electrons. The van der Waals surface area contributed by atoms with Crippen molar-refractivity contribution in [2.24, 2.45) is 11.1 Å². The summed E-state index contributed by atoms with van der Waals surface area (Å²) >= 11 is 0. The minimum atomic E-state index is -0.279. The molecule has 2 rings (SSSR count). The van der Waals surface area contributed by atoms with Gasteiger partial charge in [0.25, 0.3) is 0 Å². The third-order valence-electron chi connectivity index (χ3n) is 4.02. The molecule has 2 N–H and O–H groups in total. The molecular weight excluding hydrogens is 238 g/mol. The maximum Gasteiger partial charge on any atom is 0.336 e. The van der Waals surface area contributed by atoms with Crippen molar-refractivity contribution >= 4 is 11.7 Å². The number of fused-ring (bicyclic) bond motifs is 1. The van der Waals surface area contributed by atoms with Gasteiger partial charge in [-0.25, -0.2) is 4.79 Å². The van der Waals surface area contributed by atoms with E-state index in [0.29, 0.717) is 17.9 Å². The van der Waals surface area contributed by atoms with Gasteiger partial charge in [0.1, 0.15) is 0 Å². The number of hydrogen-bond acceptors (Lipinski definition) is 3. The molecule has 0 fully saturated rings. The highest BCUT2D eigenvalue weighted by Crippen LogP contribution is 2.43. The van der Waals surface area contributed by atoms with Crippen LogP contribution in [0.15, 0.2) is 29.8 Å². The van der Waals surface area contributed by atoms with E-state index in [0.717, 1.165) is 18.4 Å². The lowest BCUT2D eigenvalue weighted by Gasteiger charge is -2.36. The van der Waals surface area contributed by atoms with E-state index >= 15 is 0 Å². The van der Waals surface area contributed by atoms with Crippen LogP contribution in [0.3, 0.4) is 0 Å². The first-order chi connectivity index (χ1) is 9.03. The molecule has 0 radical (unpaired) electrons. The van der Waals surface area contributed by atoms with Crippen molar-refractivity contribution < 1.29 is 9.53 Å². The molecule has 0 bridgehead atoms. The number of nitrogens with two attached hydrogens (primary N) is 1. The number of carbonyl (C=O) groups is 1. The monoisotopic (exact) mass is 259 g/mol. The van der Waals surface area contributed by atoms with Crippen molar-refractivity contribution in [2.45, 2.75) is 33.6 Å². The van der Waals surface area contributed by atoms with Gasteiger partial charge in [0.15, 0.2) is 0 Å². The molecule has 0 aliphatic heterocycles. The molecule has 0 saturated heterocycles. The first kappa shape index (κ1) is 13.7. The Morgan fingerprint density at radius 3 is 2.68 bits per heavy atom. The van der Waals surface area contributed by atoms with Crippen LogP contribution in [0.1, 0.15) is 38.3 Å². The lowest BCUT2D eigenvalue weighted by atomic mass is 9.69. The van der Waals surface area contributed by atoms with Crippen LogP contribution in [-0.4, -0.2) is 12.6 Å². The molecule has 1 aliphatic rings. The number of benzene rings is 1. The van der Waals surface area contributed by atoms with E-state index in [1.165, 1.54) is 5.56 Å². The van der Waals surface area contributed by atoms with Crippen LogP contribution in [0.4, 0.5) is 0 Å². The van der Waals surface area contributed by atoms with E-state index in [-0.39, 0.29) is 11.4 Å². The fraction of sp³-hybridized carbons (Fsp3) is 0.438. The highest BCUT2D eigenvalue weighted by molar-refractivity contribution is 5.99. The Kier molecular flexibility index (Phi) is 3.65. The first-order valence-electron chi connectivity index (χ1n) is 6.79. The van der Waals surface area contributed by atoms with Crippen LogP contribution in [0.25, 0.3) is 5.70 Å². The number of rotatable bonds is 3. The molecule has 0 spiro atoms. The summed E-state index contributed by atoms with van der Waals surface area (Å²) in [6.45, 7) is 6.36. The van der Waals surface area contributed by atoms with Crippen molar-refractivity contribution in [3.8, 4) is 0 Å². The van der Waals surface area contributed by atoms with Crippen molar-refractivity contribution in [1.29, 1.82) is 0 Å². The topological polar surface area (TPSA) is 52.3 Å². The molecule has 19 heavy (non-hydrogen) atoms. The van der Waals surface area contributed by atoms with E-state index in [1.54, 1.807) is 0 Å². The summed E-state index contributed by atoms with van der Waals surface area (Å²) in [5, 5.41) is 0. The Morgan fingerprint density at radius 1 is 1.37 bits per heavy atom. The molecule has 0 heterocycles. The van der Waals surface area contributed by atoms with Gasteiger partial charge in [-0.15, -0.1) is 0 Å². The van der Waals surface area contributed by atoms with E-state index in [1.807, 2.05) is 25.1 Å². The molecular formula is C16H21NO2. The summed E-state index contributed by atoms with van der Waals surface area (Å²) in [5.41, 5.74) is 9.39. The van der Waals surface area contributed by atoms with Crippen LogP contribution in [0.5, 0.6) is 0 Å². The highest BCUT2D eigenvalue weighted by Gasteiger charge is 2.39. The number of ether oxygens (including phenoxy) is 1. The smallest absolute Gasteiger partial charge is 0.336 e. The van der Waals surface area contributed by atoms with Crippen LogP contribution in [-0.2, 0) is 16.0 Å². The van der Waals surface area contributed by atoms with Crippen LogP contribution >= 0.6 is 0 Å². The molecule has 3 heteroatoms. The van der Waals surface area contributed by atoms with Gasteiger partial charge in [0.2, 0.25) is 0 Å². The van der Waals surface area contributed by atoms with Crippen molar-refractivity contribution in [2.75, 3.05) is 6.61 Å². The van der Waals surface area contributed by atoms with Crippen molar-refractivity contribution in [3.63, 3.8) is 0 Å². The van der Waals surface area contributed by atoms with Crippen LogP contribution in [0.2, 0.25) is 0 Å². The van der Waals surface area contributed by atoms with Crippen molar-refractivity contribution in [1.82, 2.24) is 0 Å². The quantitative estimate of drug-likeness (QED) is 0.849. The molecule has 0 aromatic heterocycles. The van der Waals surface area contributed by atoms with E-state index in [9.17, 15) is 4.79 Å². The fourth-order valence-electron chi connectivity index (χ4n) is 2.77. The zero-order valence-corrected chi connectivity index (χ0v) is 11.8. The van der Waals surface area contributed by atoms with Gasteiger partial charge in [-0.2, -0.15) is 0 Å².